The van der Waals surface area contributed by atoms with E-state index in [-0.39, 0.29) is 24.2 Å². The van der Waals surface area contributed by atoms with E-state index in [1.54, 1.807) is 19.2 Å². The van der Waals surface area contributed by atoms with Gasteiger partial charge in [-0.1, -0.05) is 22.0 Å². The minimum Gasteiger partial charge on any atom is -0.496 e. The van der Waals surface area contributed by atoms with Gasteiger partial charge in [0, 0.05) is 17.8 Å². The largest absolute Gasteiger partial charge is 0.496 e. The number of carbonyl (C=O) groups excluding carboxylic acids is 2. The Labute approximate surface area is 114 Å². The summed E-state index contributed by atoms with van der Waals surface area (Å²) in [5.74, 6) is 0.110. The van der Waals surface area contributed by atoms with Gasteiger partial charge in [0.15, 0.2) is 0 Å². The lowest BCUT2D eigenvalue weighted by Gasteiger charge is -2.16. The van der Waals surface area contributed by atoms with Gasteiger partial charge >= 0.3 is 0 Å². The van der Waals surface area contributed by atoms with E-state index in [0.717, 1.165) is 5.56 Å². The number of imide groups is 1. The maximum Gasteiger partial charge on any atom is 0.238 e. The van der Waals surface area contributed by atoms with E-state index >= 15 is 0 Å². The number of anilines is 1. The topological polar surface area (TPSA) is 46.6 Å². The zero-order chi connectivity index (χ0) is 13.3. The molecule has 18 heavy (non-hydrogen) atoms. The van der Waals surface area contributed by atoms with E-state index < -0.39 is 0 Å². The van der Waals surface area contributed by atoms with Crippen molar-refractivity contribution in [1.29, 1.82) is 0 Å². The number of aryl methyl sites for hydroxylation is 1. The van der Waals surface area contributed by atoms with Crippen LogP contribution in [0.15, 0.2) is 18.2 Å². The Bertz CT molecular complexity index is 501. The zero-order valence-electron chi connectivity index (χ0n) is 10.3. The number of halogens is 1. The quantitative estimate of drug-likeness (QED) is 0.635. The van der Waals surface area contributed by atoms with Crippen LogP contribution in [-0.4, -0.2) is 24.3 Å². The van der Waals surface area contributed by atoms with Gasteiger partial charge in [0.05, 0.1) is 18.7 Å². The molecule has 1 aromatic carbocycles. The van der Waals surface area contributed by atoms with Gasteiger partial charge in [-0.3, -0.25) is 14.5 Å². The van der Waals surface area contributed by atoms with Gasteiger partial charge in [0.25, 0.3) is 0 Å². The van der Waals surface area contributed by atoms with Gasteiger partial charge in [-0.25, -0.2) is 0 Å². The van der Waals surface area contributed by atoms with Crippen molar-refractivity contribution in [2.24, 2.45) is 5.92 Å². The summed E-state index contributed by atoms with van der Waals surface area (Å²) >= 11 is 3.26. The van der Waals surface area contributed by atoms with Gasteiger partial charge in [0.2, 0.25) is 11.8 Å². The van der Waals surface area contributed by atoms with E-state index in [1.165, 1.54) is 4.90 Å². The highest BCUT2D eigenvalue weighted by molar-refractivity contribution is 9.09. The highest BCUT2D eigenvalue weighted by Crippen LogP contribution is 2.31. The number of nitrogens with zero attached hydrogens (tertiary/aromatic N) is 1. The number of amides is 2. The van der Waals surface area contributed by atoms with Crippen LogP contribution in [0.2, 0.25) is 0 Å². The average molecular weight is 312 g/mol. The minimum atomic E-state index is -0.259. The van der Waals surface area contributed by atoms with Crippen LogP contribution in [0.1, 0.15) is 12.0 Å². The molecule has 2 amide bonds. The Morgan fingerprint density at radius 3 is 2.72 bits per heavy atom. The molecule has 1 fully saturated rings. The summed E-state index contributed by atoms with van der Waals surface area (Å²) in [4.78, 5) is 25.2. The van der Waals surface area contributed by atoms with Crippen LogP contribution in [0.25, 0.3) is 0 Å². The Morgan fingerprint density at radius 2 is 2.17 bits per heavy atom. The molecule has 0 aromatic heterocycles. The summed E-state index contributed by atoms with van der Waals surface area (Å²) in [6.07, 6.45) is 0.264. The van der Waals surface area contributed by atoms with Crippen LogP contribution in [0.5, 0.6) is 5.75 Å². The number of carbonyl (C=O) groups is 2. The van der Waals surface area contributed by atoms with E-state index in [1.807, 2.05) is 13.0 Å². The zero-order valence-corrected chi connectivity index (χ0v) is 11.9. The number of alkyl halides is 1. The molecule has 0 spiro atoms. The fourth-order valence-electron chi connectivity index (χ4n) is 2.03. The Hall–Kier alpha value is -1.36. The van der Waals surface area contributed by atoms with Gasteiger partial charge in [-0.2, -0.15) is 0 Å². The molecule has 1 saturated heterocycles. The lowest BCUT2D eigenvalue weighted by molar-refractivity contribution is -0.122. The maximum atomic E-state index is 12.1. The second-order valence-electron chi connectivity index (χ2n) is 4.28. The number of ether oxygens (including phenoxy) is 1. The number of methoxy groups -OCH3 is 1. The third-order valence-corrected chi connectivity index (χ3v) is 3.86. The summed E-state index contributed by atoms with van der Waals surface area (Å²) in [6, 6.07) is 5.34. The molecule has 4 nitrogen and oxygen atoms in total. The first-order valence-corrected chi connectivity index (χ1v) is 6.78. The lowest BCUT2D eigenvalue weighted by Crippen LogP contribution is -2.30. The first-order valence-electron chi connectivity index (χ1n) is 5.66. The van der Waals surface area contributed by atoms with Crippen molar-refractivity contribution in [1.82, 2.24) is 0 Å². The van der Waals surface area contributed by atoms with Crippen molar-refractivity contribution in [3.05, 3.63) is 23.8 Å². The van der Waals surface area contributed by atoms with Crippen LogP contribution < -0.4 is 9.64 Å². The van der Waals surface area contributed by atoms with Crippen molar-refractivity contribution >= 4 is 33.4 Å². The van der Waals surface area contributed by atoms with Crippen molar-refractivity contribution in [2.45, 2.75) is 13.3 Å². The first kappa shape index (κ1) is 13.1. The van der Waals surface area contributed by atoms with Gasteiger partial charge in [-0.15, -0.1) is 0 Å². The molecule has 1 unspecified atom stereocenters. The predicted molar refractivity (Wildman–Crippen MR) is 72.1 cm³/mol. The molecule has 1 heterocycles. The van der Waals surface area contributed by atoms with Gasteiger partial charge in [0.1, 0.15) is 5.75 Å². The van der Waals surface area contributed by atoms with Crippen LogP contribution in [0.4, 0.5) is 5.69 Å². The second kappa shape index (κ2) is 5.10. The molecule has 5 heteroatoms. The summed E-state index contributed by atoms with van der Waals surface area (Å²) in [6.45, 7) is 1.91. The van der Waals surface area contributed by atoms with Crippen molar-refractivity contribution < 1.29 is 14.3 Å². The van der Waals surface area contributed by atoms with E-state index in [2.05, 4.69) is 15.9 Å². The summed E-state index contributed by atoms with van der Waals surface area (Å²) in [7, 11) is 1.57. The van der Waals surface area contributed by atoms with Crippen molar-refractivity contribution in [3.63, 3.8) is 0 Å². The molecule has 2 rings (SSSR count). The summed E-state index contributed by atoms with van der Waals surface area (Å²) in [5.41, 5.74) is 1.55. The molecule has 96 valence electrons. The molecule has 0 aliphatic carbocycles. The molecule has 0 N–H and O–H groups in total. The Morgan fingerprint density at radius 1 is 1.44 bits per heavy atom. The average Bonchev–Trinajstić information content (AvgIpc) is 2.65. The van der Waals surface area contributed by atoms with Crippen LogP contribution in [-0.2, 0) is 9.59 Å². The van der Waals surface area contributed by atoms with Crippen LogP contribution in [0.3, 0.4) is 0 Å². The molecule has 0 bridgehead atoms. The van der Waals surface area contributed by atoms with E-state index in [0.29, 0.717) is 16.8 Å². The third-order valence-electron chi connectivity index (χ3n) is 3.08. The fourth-order valence-corrected chi connectivity index (χ4v) is 2.54. The number of hydrogen-bond acceptors (Lipinski definition) is 3. The van der Waals surface area contributed by atoms with Crippen molar-refractivity contribution in [3.8, 4) is 5.75 Å². The van der Waals surface area contributed by atoms with E-state index in [9.17, 15) is 9.59 Å². The molecule has 1 aliphatic rings. The first-order chi connectivity index (χ1) is 8.58. The third kappa shape index (κ3) is 2.14. The maximum absolute atomic E-state index is 12.1. The van der Waals surface area contributed by atoms with Crippen molar-refractivity contribution in [2.75, 3.05) is 17.3 Å². The fraction of sp³-hybridized carbons (Fsp3) is 0.385. The Balaban J connectivity index is 2.37. The predicted octanol–water partition coefficient (Wildman–Crippen LogP) is 2.28. The Kier molecular flexibility index (Phi) is 3.71. The normalized spacial score (nSPS) is 19.5. The SMILES string of the molecule is COc1cc(N2C(=O)CC(CBr)C2=O)ccc1C. The van der Waals surface area contributed by atoms with Gasteiger partial charge in [-0.05, 0) is 18.6 Å². The summed E-state index contributed by atoms with van der Waals surface area (Å²) in [5, 5.41) is 0.511. The van der Waals surface area contributed by atoms with E-state index in [4.69, 9.17) is 4.74 Å². The highest BCUT2D eigenvalue weighted by Gasteiger charge is 2.38. The molecule has 0 saturated carbocycles. The second-order valence-corrected chi connectivity index (χ2v) is 4.92. The highest BCUT2D eigenvalue weighted by atomic mass is 79.9. The standard InChI is InChI=1S/C13H14BrNO3/c1-8-3-4-10(6-11(8)18-2)15-12(16)5-9(7-14)13(15)17/h3-4,6,9H,5,7H2,1-2H3. The molecule has 1 aromatic rings. The summed E-state index contributed by atoms with van der Waals surface area (Å²) < 4.78 is 5.21. The molecule has 0 radical (unpaired) electrons. The van der Waals surface area contributed by atoms with Crippen LogP contribution >= 0.6 is 15.9 Å². The molecule has 1 atom stereocenters. The number of benzene rings is 1. The molecular weight excluding hydrogens is 298 g/mol. The number of rotatable bonds is 3. The molecular formula is C13H14BrNO3. The van der Waals surface area contributed by atoms with Crippen LogP contribution in [0, 0.1) is 12.8 Å². The number of hydrogen-bond donors (Lipinski definition) is 0. The van der Waals surface area contributed by atoms with Gasteiger partial charge < -0.3 is 4.74 Å². The molecule has 1 aliphatic heterocycles. The smallest absolute Gasteiger partial charge is 0.238 e. The minimum absolute atomic E-state index is 0.150. The lowest BCUT2D eigenvalue weighted by atomic mass is 10.1. The monoisotopic (exact) mass is 311 g/mol.